The molecule has 3 nitrogen and oxygen atoms in total. The first-order valence-corrected chi connectivity index (χ1v) is 3.76. The fourth-order valence-corrected chi connectivity index (χ4v) is 0.646. The van der Waals surface area contributed by atoms with E-state index in [1.807, 2.05) is 6.92 Å². The number of rotatable bonds is 7. The highest BCUT2D eigenvalue weighted by Gasteiger charge is 1.99. The van der Waals surface area contributed by atoms with Crippen LogP contribution in [0.2, 0.25) is 0 Å². The van der Waals surface area contributed by atoms with Gasteiger partial charge in [-0.3, -0.25) is 0 Å². The molecule has 0 aliphatic carbocycles. The highest BCUT2D eigenvalue weighted by atomic mass is 16.5. The van der Waals surface area contributed by atoms with Crippen LogP contribution in [0.5, 0.6) is 0 Å². The van der Waals surface area contributed by atoms with E-state index in [2.05, 4.69) is 6.58 Å². The summed E-state index contributed by atoms with van der Waals surface area (Å²) in [5, 5.41) is 8.51. The number of hydrogen-bond acceptors (Lipinski definition) is 3. The molecule has 1 atom stereocenters. The van der Waals surface area contributed by atoms with E-state index < -0.39 is 0 Å². The molecule has 0 heterocycles. The molecule has 0 amide bonds. The van der Waals surface area contributed by atoms with Gasteiger partial charge in [0.15, 0.2) is 0 Å². The van der Waals surface area contributed by atoms with Crippen LogP contribution in [0.1, 0.15) is 13.3 Å². The van der Waals surface area contributed by atoms with E-state index in [1.54, 1.807) is 0 Å². The summed E-state index contributed by atoms with van der Waals surface area (Å²) in [5.41, 5.74) is 0. The SMILES string of the molecule is C=COCCOC(C)CCO. The van der Waals surface area contributed by atoms with Gasteiger partial charge in [-0.1, -0.05) is 6.58 Å². The maximum absolute atomic E-state index is 8.51. The molecule has 66 valence electrons. The fourth-order valence-electron chi connectivity index (χ4n) is 0.646. The first-order valence-electron chi connectivity index (χ1n) is 3.76. The van der Waals surface area contributed by atoms with Crippen molar-refractivity contribution in [2.45, 2.75) is 19.4 Å². The summed E-state index contributed by atoms with van der Waals surface area (Å²) in [5.74, 6) is 0. The third-order valence-corrected chi connectivity index (χ3v) is 1.26. The largest absolute Gasteiger partial charge is 0.499 e. The van der Waals surface area contributed by atoms with Crippen LogP contribution < -0.4 is 0 Å². The molecule has 0 aliphatic rings. The lowest BCUT2D eigenvalue weighted by Gasteiger charge is -2.10. The molecule has 0 bridgehead atoms. The number of aliphatic hydroxyl groups excluding tert-OH is 1. The lowest BCUT2D eigenvalue weighted by atomic mass is 10.3. The molecule has 0 rings (SSSR count). The summed E-state index contributed by atoms with van der Waals surface area (Å²) in [6.07, 6.45) is 2.17. The van der Waals surface area contributed by atoms with Gasteiger partial charge in [0.1, 0.15) is 6.61 Å². The minimum Gasteiger partial charge on any atom is -0.499 e. The van der Waals surface area contributed by atoms with Gasteiger partial charge in [0, 0.05) is 6.61 Å². The van der Waals surface area contributed by atoms with Gasteiger partial charge in [-0.25, -0.2) is 0 Å². The number of hydrogen-bond donors (Lipinski definition) is 1. The molecular formula is C8H16O3. The summed E-state index contributed by atoms with van der Waals surface area (Å²) >= 11 is 0. The Morgan fingerprint density at radius 1 is 1.55 bits per heavy atom. The maximum atomic E-state index is 8.51. The van der Waals surface area contributed by atoms with E-state index in [-0.39, 0.29) is 12.7 Å². The van der Waals surface area contributed by atoms with Crippen molar-refractivity contribution in [3.63, 3.8) is 0 Å². The topological polar surface area (TPSA) is 38.7 Å². The van der Waals surface area contributed by atoms with Gasteiger partial charge in [-0.05, 0) is 13.3 Å². The third-order valence-electron chi connectivity index (χ3n) is 1.26. The minimum atomic E-state index is 0.105. The molecule has 0 saturated carbocycles. The first-order chi connectivity index (χ1) is 5.31. The molecule has 1 N–H and O–H groups in total. The normalized spacial score (nSPS) is 12.5. The monoisotopic (exact) mass is 160 g/mol. The molecule has 0 aromatic carbocycles. The quantitative estimate of drug-likeness (QED) is 0.445. The molecule has 0 aliphatic heterocycles. The molecule has 3 heteroatoms. The standard InChI is InChI=1S/C8H16O3/c1-3-10-6-7-11-8(2)4-5-9/h3,8-9H,1,4-7H2,2H3. The van der Waals surface area contributed by atoms with Crippen LogP contribution in [0.3, 0.4) is 0 Å². The predicted octanol–water partition coefficient (Wildman–Crippen LogP) is 0.934. The molecule has 0 radical (unpaired) electrons. The molecule has 0 aromatic rings. The molecular weight excluding hydrogens is 144 g/mol. The summed E-state index contributed by atoms with van der Waals surface area (Å²) < 4.78 is 10.1. The van der Waals surface area contributed by atoms with Crippen molar-refractivity contribution in [3.05, 3.63) is 12.8 Å². The van der Waals surface area contributed by atoms with Crippen molar-refractivity contribution in [3.8, 4) is 0 Å². The van der Waals surface area contributed by atoms with Gasteiger partial charge in [0.25, 0.3) is 0 Å². The number of ether oxygens (including phenoxy) is 2. The van der Waals surface area contributed by atoms with Crippen LogP contribution in [-0.2, 0) is 9.47 Å². The van der Waals surface area contributed by atoms with Crippen LogP contribution in [0.4, 0.5) is 0 Å². The zero-order valence-corrected chi connectivity index (χ0v) is 6.95. The molecule has 1 unspecified atom stereocenters. The zero-order chi connectivity index (χ0) is 8.53. The third kappa shape index (κ3) is 7.36. The molecule has 0 aromatic heterocycles. The summed E-state index contributed by atoms with van der Waals surface area (Å²) in [4.78, 5) is 0. The summed E-state index contributed by atoms with van der Waals surface area (Å²) in [6.45, 7) is 6.56. The van der Waals surface area contributed by atoms with Crippen LogP contribution >= 0.6 is 0 Å². The highest BCUT2D eigenvalue weighted by Crippen LogP contribution is 1.95. The van der Waals surface area contributed by atoms with E-state index >= 15 is 0 Å². The van der Waals surface area contributed by atoms with Crippen molar-refractivity contribution >= 4 is 0 Å². The van der Waals surface area contributed by atoms with E-state index in [4.69, 9.17) is 14.6 Å². The van der Waals surface area contributed by atoms with Crippen molar-refractivity contribution in [1.29, 1.82) is 0 Å². The Hall–Kier alpha value is -0.540. The van der Waals surface area contributed by atoms with E-state index in [0.717, 1.165) is 0 Å². The molecule has 0 saturated heterocycles. The Bertz CT molecular complexity index is 93.3. The van der Waals surface area contributed by atoms with Gasteiger partial charge in [0.2, 0.25) is 0 Å². The first kappa shape index (κ1) is 10.5. The fraction of sp³-hybridized carbons (Fsp3) is 0.750. The second-order valence-electron chi connectivity index (χ2n) is 2.23. The molecule has 0 fully saturated rings. The molecule has 11 heavy (non-hydrogen) atoms. The van der Waals surface area contributed by atoms with Crippen LogP contribution in [0.15, 0.2) is 12.8 Å². The Morgan fingerprint density at radius 2 is 2.27 bits per heavy atom. The van der Waals surface area contributed by atoms with Gasteiger partial charge in [-0.15, -0.1) is 0 Å². The lowest BCUT2D eigenvalue weighted by Crippen LogP contribution is -2.13. The smallest absolute Gasteiger partial charge is 0.111 e. The van der Waals surface area contributed by atoms with Crippen molar-refractivity contribution in [2.75, 3.05) is 19.8 Å². The van der Waals surface area contributed by atoms with Crippen LogP contribution in [-0.4, -0.2) is 31.0 Å². The van der Waals surface area contributed by atoms with E-state index in [9.17, 15) is 0 Å². The Morgan fingerprint density at radius 3 is 2.82 bits per heavy atom. The van der Waals surface area contributed by atoms with Gasteiger partial charge in [0.05, 0.1) is 19.0 Å². The van der Waals surface area contributed by atoms with Gasteiger partial charge < -0.3 is 14.6 Å². The predicted molar refractivity (Wildman–Crippen MR) is 43.3 cm³/mol. The van der Waals surface area contributed by atoms with Crippen molar-refractivity contribution < 1.29 is 14.6 Å². The Balaban J connectivity index is 3.03. The highest BCUT2D eigenvalue weighted by molar-refractivity contribution is 4.50. The van der Waals surface area contributed by atoms with Crippen molar-refractivity contribution in [1.82, 2.24) is 0 Å². The molecule has 0 spiro atoms. The Kier molecular flexibility index (Phi) is 7.19. The van der Waals surface area contributed by atoms with Crippen LogP contribution in [0, 0.1) is 0 Å². The summed E-state index contributed by atoms with van der Waals surface area (Å²) in [7, 11) is 0. The van der Waals surface area contributed by atoms with Crippen molar-refractivity contribution in [2.24, 2.45) is 0 Å². The van der Waals surface area contributed by atoms with Gasteiger partial charge in [-0.2, -0.15) is 0 Å². The number of aliphatic hydroxyl groups is 1. The second-order valence-corrected chi connectivity index (χ2v) is 2.23. The summed E-state index contributed by atoms with van der Waals surface area (Å²) in [6, 6.07) is 0. The zero-order valence-electron chi connectivity index (χ0n) is 6.95. The average Bonchev–Trinajstić information content (AvgIpc) is 1.99. The average molecular weight is 160 g/mol. The van der Waals surface area contributed by atoms with E-state index in [0.29, 0.717) is 19.6 Å². The van der Waals surface area contributed by atoms with Gasteiger partial charge >= 0.3 is 0 Å². The Labute approximate surface area is 67.6 Å². The maximum Gasteiger partial charge on any atom is 0.111 e. The van der Waals surface area contributed by atoms with E-state index in [1.165, 1.54) is 6.26 Å². The van der Waals surface area contributed by atoms with Crippen LogP contribution in [0.25, 0.3) is 0 Å². The second kappa shape index (κ2) is 7.57. The lowest BCUT2D eigenvalue weighted by molar-refractivity contribution is 0.0226. The minimum absolute atomic E-state index is 0.105.